The molecule has 4 nitrogen and oxygen atoms in total. The molecule has 2 aromatic heterocycles. The summed E-state index contributed by atoms with van der Waals surface area (Å²) in [6, 6.07) is 6.70. The molecule has 0 saturated carbocycles. The summed E-state index contributed by atoms with van der Waals surface area (Å²) in [5.41, 5.74) is 2.32. The predicted molar refractivity (Wildman–Crippen MR) is 79.7 cm³/mol. The predicted octanol–water partition coefficient (Wildman–Crippen LogP) is 3.30. The first-order valence-corrected chi connectivity index (χ1v) is 7.12. The van der Waals surface area contributed by atoms with Gasteiger partial charge in [0.1, 0.15) is 0 Å². The lowest BCUT2D eigenvalue weighted by atomic mass is 10.2. The minimum atomic E-state index is 0.316. The number of hydrogen-bond donors (Lipinski definition) is 1. The van der Waals surface area contributed by atoms with Crippen molar-refractivity contribution in [1.29, 1.82) is 0 Å². The van der Waals surface area contributed by atoms with Gasteiger partial charge in [-0.05, 0) is 31.5 Å². The molecule has 0 aliphatic heterocycles. The molecular formula is C14H16N4S. The fourth-order valence-electron chi connectivity index (χ4n) is 2.07. The van der Waals surface area contributed by atoms with Crippen molar-refractivity contribution in [2.24, 2.45) is 0 Å². The highest BCUT2D eigenvalue weighted by Crippen LogP contribution is 2.26. The summed E-state index contributed by atoms with van der Waals surface area (Å²) in [5.74, 6) is 0. The molecule has 0 aliphatic carbocycles. The van der Waals surface area contributed by atoms with Gasteiger partial charge in [0, 0.05) is 25.0 Å². The molecule has 0 fully saturated rings. The van der Waals surface area contributed by atoms with Crippen LogP contribution in [0.5, 0.6) is 0 Å². The Morgan fingerprint density at radius 3 is 3.11 bits per heavy atom. The Labute approximate surface area is 116 Å². The summed E-state index contributed by atoms with van der Waals surface area (Å²) in [7, 11) is 0. The highest BCUT2D eigenvalue weighted by Gasteiger charge is 2.07. The molecule has 98 valence electrons. The van der Waals surface area contributed by atoms with Crippen LogP contribution in [0.3, 0.4) is 0 Å². The summed E-state index contributed by atoms with van der Waals surface area (Å²) in [4.78, 5) is 8.67. The first-order chi connectivity index (χ1) is 9.20. The van der Waals surface area contributed by atoms with Gasteiger partial charge in [-0.2, -0.15) is 0 Å². The van der Waals surface area contributed by atoms with Crippen LogP contribution in [0.1, 0.15) is 12.5 Å². The van der Waals surface area contributed by atoms with Crippen LogP contribution in [0.15, 0.2) is 36.9 Å². The second-order valence-electron chi connectivity index (χ2n) is 4.80. The Morgan fingerprint density at radius 1 is 1.42 bits per heavy atom. The van der Waals surface area contributed by atoms with Gasteiger partial charge in [-0.1, -0.05) is 17.4 Å². The summed E-state index contributed by atoms with van der Waals surface area (Å²) in [5, 5.41) is 4.43. The van der Waals surface area contributed by atoms with E-state index < -0.39 is 0 Å². The normalized spacial score (nSPS) is 12.7. The molecule has 0 spiro atoms. The van der Waals surface area contributed by atoms with Crippen molar-refractivity contribution in [3.05, 3.63) is 42.5 Å². The van der Waals surface area contributed by atoms with E-state index in [2.05, 4.69) is 51.9 Å². The molecule has 19 heavy (non-hydrogen) atoms. The summed E-state index contributed by atoms with van der Waals surface area (Å²) in [6.45, 7) is 5.12. The summed E-state index contributed by atoms with van der Waals surface area (Å²) < 4.78 is 3.29. The van der Waals surface area contributed by atoms with Gasteiger partial charge in [0.05, 0.1) is 16.5 Å². The Hall–Kier alpha value is -1.88. The van der Waals surface area contributed by atoms with Crippen molar-refractivity contribution >= 4 is 26.7 Å². The van der Waals surface area contributed by atoms with E-state index in [-0.39, 0.29) is 0 Å². The van der Waals surface area contributed by atoms with E-state index in [1.807, 2.05) is 12.5 Å². The standard InChI is InChI=1S/C14H16N4S/c1-10-3-4-13-12(7-10)17-14(19-13)16-11(2)8-18-6-5-15-9-18/h3-7,9,11H,8H2,1-2H3,(H,16,17). The van der Waals surface area contributed by atoms with Crippen molar-refractivity contribution in [1.82, 2.24) is 14.5 Å². The van der Waals surface area contributed by atoms with Crippen LogP contribution >= 0.6 is 11.3 Å². The van der Waals surface area contributed by atoms with Gasteiger partial charge in [0.2, 0.25) is 0 Å². The molecule has 1 N–H and O–H groups in total. The molecule has 0 bridgehead atoms. The zero-order valence-electron chi connectivity index (χ0n) is 11.0. The lowest BCUT2D eigenvalue weighted by molar-refractivity contribution is 0.618. The van der Waals surface area contributed by atoms with Gasteiger partial charge < -0.3 is 9.88 Å². The maximum atomic E-state index is 4.63. The third kappa shape index (κ3) is 2.76. The Balaban J connectivity index is 1.74. The highest BCUT2D eigenvalue weighted by molar-refractivity contribution is 7.22. The van der Waals surface area contributed by atoms with Crippen molar-refractivity contribution in [3.8, 4) is 0 Å². The number of nitrogens with zero attached hydrogens (tertiary/aromatic N) is 3. The van der Waals surface area contributed by atoms with Gasteiger partial charge in [0.25, 0.3) is 0 Å². The molecule has 2 heterocycles. The first kappa shape index (κ1) is 12.2. The number of benzene rings is 1. The zero-order valence-corrected chi connectivity index (χ0v) is 11.8. The maximum absolute atomic E-state index is 4.63. The minimum absolute atomic E-state index is 0.316. The van der Waals surface area contributed by atoms with Gasteiger partial charge in [-0.3, -0.25) is 0 Å². The summed E-state index contributed by atoms with van der Waals surface area (Å²) in [6.07, 6.45) is 5.60. The average molecular weight is 272 g/mol. The van der Waals surface area contributed by atoms with Gasteiger partial charge >= 0.3 is 0 Å². The van der Waals surface area contributed by atoms with Crippen LogP contribution < -0.4 is 5.32 Å². The molecule has 1 unspecified atom stereocenters. The molecule has 0 amide bonds. The van der Waals surface area contributed by atoms with E-state index in [0.29, 0.717) is 6.04 Å². The third-order valence-corrected chi connectivity index (χ3v) is 3.92. The molecule has 3 aromatic rings. The number of anilines is 1. The zero-order chi connectivity index (χ0) is 13.2. The van der Waals surface area contributed by atoms with Crippen molar-refractivity contribution < 1.29 is 0 Å². The second kappa shape index (κ2) is 5.01. The number of hydrogen-bond acceptors (Lipinski definition) is 4. The van der Waals surface area contributed by atoms with E-state index in [0.717, 1.165) is 17.2 Å². The van der Waals surface area contributed by atoms with Crippen LogP contribution in [-0.4, -0.2) is 20.6 Å². The number of aryl methyl sites for hydroxylation is 1. The van der Waals surface area contributed by atoms with E-state index in [1.165, 1.54) is 10.3 Å². The molecule has 3 rings (SSSR count). The molecule has 0 aliphatic rings. The van der Waals surface area contributed by atoms with E-state index in [1.54, 1.807) is 17.5 Å². The Bertz CT molecular complexity index is 672. The topological polar surface area (TPSA) is 42.7 Å². The number of thiazole rings is 1. The van der Waals surface area contributed by atoms with Crippen LogP contribution in [0.25, 0.3) is 10.2 Å². The maximum Gasteiger partial charge on any atom is 0.184 e. The number of aromatic nitrogens is 3. The third-order valence-electron chi connectivity index (χ3n) is 2.96. The van der Waals surface area contributed by atoms with Gasteiger partial charge in [0.15, 0.2) is 5.13 Å². The molecule has 1 atom stereocenters. The Kier molecular flexibility index (Phi) is 3.21. The first-order valence-electron chi connectivity index (χ1n) is 6.30. The van der Waals surface area contributed by atoms with E-state index in [4.69, 9.17) is 0 Å². The van der Waals surface area contributed by atoms with Crippen LogP contribution in [0, 0.1) is 6.92 Å². The number of nitrogens with one attached hydrogen (secondary N) is 1. The SMILES string of the molecule is Cc1ccc2sc(NC(C)Cn3ccnc3)nc2c1. The molecule has 5 heteroatoms. The minimum Gasteiger partial charge on any atom is -0.357 e. The lowest BCUT2D eigenvalue weighted by Crippen LogP contribution is -2.21. The quantitative estimate of drug-likeness (QED) is 0.792. The van der Waals surface area contributed by atoms with Crippen molar-refractivity contribution in [3.63, 3.8) is 0 Å². The highest BCUT2D eigenvalue weighted by atomic mass is 32.1. The number of fused-ring (bicyclic) bond motifs is 1. The summed E-state index contributed by atoms with van der Waals surface area (Å²) >= 11 is 1.70. The number of imidazole rings is 1. The molecule has 0 saturated heterocycles. The largest absolute Gasteiger partial charge is 0.357 e. The van der Waals surface area contributed by atoms with Crippen LogP contribution in [0.2, 0.25) is 0 Å². The smallest absolute Gasteiger partial charge is 0.184 e. The van der Waals surface area contributed by atoms with E-state index in [9.17, 15) is 0 Å². The molecule has 1 aromatic carbocycles. The van der Waals surface area contributed by atoms with Gasteiger partial charge in [-0.25, -0.2) is 9.97 Å². The van der Waals surface area contributed by atoms with Gasteiger partial charge in [-0.15, -0.1) is 0 Å². The average Bonchev–Trinajstić information content (AvgIpc) is 2.97. The van der Waals surface area contributed by atoms with Crippen LogP contribution in [0.4, 0.5) is 5.13 Å². The Morgan fingerprint density at radius 2 is 2.32 bits per heavy atom. The number of rotatable bonds is 4. The van der Waals surface area contributed by atoms with E-state index >= 15 is 0 Å². The second-order valence-corrected chi connectivity index (χ2v) is 5.83. The van der Waals surface area contributed by atoms with Crippen molar-refractivity contribution in [2.75, 3.05) is 5.32 Å². The molecular weight excluding hydrogens is 256 g/mol. The lowest BCUT2D eigenvalue weighted by Gasteiger charge is -2.12. The van der Waals surface area contributed by atoms with Crippen molar-refractivity contribution in [2.45, 2.75) is 26.4 Å². The fourth-order valence-corrected chi connectivity index (χ4v) is 3.02. The monoisotopic (exact) mass is 272 g/mol. The van der Waals surface area contributed by atoms with Crippen LogP contribution in [-0.2, 0) is 6.54 Å². The fraction of sp³-hybridized carbons (Fsp3) is 0.286. The molecule has 0 radical (unpaired) electrons.